The molecule has 14 heavy (non-hydrogen) atoms. The van der Waals surface area contributed by atoms with Crippen LogP contribution in [0, 0.1) is 0 Å². The first-order valence-electron chi connectivity index (χ1n) is 4.68. The average molecular weight is 252 g/mol. The van der Waals surface area contributed by atoms with E-state index in [9.17, 15) is 0 Å². The number of hydrogen-bond donors (Lipinski definition) is 0. The molecular formula is C10H10BrN3. The number of rotatable bonds is 1. The van der Waals surface area contributed by atoms with Crippen molar-refractivity contribution in [1.29, 1.82) is 0 Å². The lowest BCUT2D eigenvalue weighted by atomic mass is 10.1. The molecule has 3 rings (SSSR count). The second kappa shape index (κ2) is 2.57. The monoisotopic (exact) mass is 251 g/mol. The Hall–Kier alpha value is -0.900. The third-order valence-electron chi connectivity index (χ3n) is 2.90. The summed E-state index contributed by atoms with van der Waals surface area (Å²) < 4.78 is 2.96. The number of halogens is 1. The lowest BCUT2D eigenvalue weighted by Crippen LogP contribution is -1.98. The predicted octanol–water partition coefficient (Wildman–Crippen LogP) is 2.54. The minimum atomic E-state index is 0.320. The molecule has 1 aliphatic carbocycles. The van der Waals surface area contributed by atoms with Crippen LogP contribution in [-0.4, -0.2) is 14.4 Å². The number of aromatic nitrogens is 3. The standard InChI is InChI=1S/C10H10BrN3/c1-10(2-3-10)8-6-14-5-7(11)4-12-9(14)13-8/h4-6H,2-3H2,1H3. The van der Waals surface area contributed by atoms with E-state index in [-0.39, 0.29) is 0 Å². The zero-order valence-electron chi connectivity index (χ0n) is 7.87. The molecule has 1 fully saturated rings. The summed E-state index contributed by atoms with van der Waals surface area (Å²) in [5.74, 6) is 0.788. The molecule has 0 N–H and O–H groups in total. The van der Waals surface area contributed by atoms with Crippen LogP contribution in [0.3, 0.4) is 0 Å². The summed E-state index contributed by atoms with van der Waals surface area (Å²) in [6.45, 7) is 2.25. The summed E-state index contributed by atoms with van der Waals surface area (Å²) >= 11 is 3.40. The van der Waals surface area contributed by atoms with Gasteiger partial charge in [0.1, 0.15) is 0 Å². The first kappa shape index (κ1) is 8.41. The second-order valence-corrected chi connectivity index (χ2v) is 5.08. The Morgan fingerprint density at radius 2 is 2.21 bits per heavy atom. The Labute approximate surface area is 90.3 Å². The molecule has 0 aliphatic heterocycles. The molecule has 3 nitrogen and oxygen atoms in total. The highest BCUT2D eigenvalue weighted by Crippen LogP contribution is 2.46. The molecule has 2 aromatic heterocycles. The summed E-state index contributed by atoms with van der Waals surface area (Å²) in [5, 5.41) is 0. The van der Waals surface area contributed by atoms with Crippen molar-refractivity contribution in [2.45, 2.75) is 25.2 Å². The van der Waals surface area contributed by atoms with Crippen molar-refractivity contribution in [1.82, 2.24) is 14.4 Å². The quantitative estimate of drug-likeness (QED) is 0.780. The van der Waals surface area contributed by atoms with Gasteiger partial charge in [-0.3, -0.25) is 4.40 Å². The number of fused-ring (bicyclic) bond motifs is 1. The number of hydrogen-bond acceptors (Lipinski definition) is 2. The molecule has 0 radical (unpaired) electrons. The molecule has 4 heteroatoms. The van der Waals surface area contributed by atoms with Crippen molar-refractivity contribution in [3.63, 3.8) is 0 Å². The van der Waals surface area contributed by atoms with Crippen LogP contribution in [-0.2, 0) is 5.41 Å². The molecule has 0 spiro atoms. The second-order valence-electron chi connectivity index (χ2n) is 4.17. The Bertz CT molecular complexity index is 499. The summed E-state index contributed by atoms with van der Waals surface area (Å²) in [5.41, 5.74) is 1.49. The van der Waals surface area contributed by atoms with Gasteiger partial charge in [0.2, 0.25) is 5.78 Å². The predicted molar refractivity (Wildman–Crippen MR) is 57.3 cm³/mol. The molecule has 1 aliphatic rings. The van der Waals surface area contributed by atoms with E-state index >= 15 is 0 Å². The first-order valence-corrected chi connectivity index (χ1v) is 5.47. The molecule has 0 amide bonds. The number of imidazole rings is 1. The van der Waals surface area contributed by atoms with Gasteiger partial charge in [0.25, 0.3) is 0 Å². The van der Waals surface area contributed by atoms with E-state index in [1.54, 1.807) is 6.20 Å². The first-order chi connectivity index (χ1) is 6.67. The van der Waals surface area contributed by atoms with E-state index in [1.807, 2.05) is 10.6 Å². The summed E-state index contributed by atoms with van der Waals surface area (Å²) in [7, 11) is 0. The van der Waals surface area contributed by atoms with Crippen LogP contribution in [0.5, 0.6) is 0 Å². The van der Waals surface area contributed by atoms with Gasteiger partial charge in [0.05, 0.1) is 10.2 Å². The Morgan fingerprint density at radius 1 is 1.43 bits per heavy atom. The molecule has 0 aromatic carbocycles. The van der Waals surface area contributed by atoms with Gasteiger partial charge in [-0.25, -0.2) is 9.97 Å². The van der Waals surface area contributed by atoms with Gasteiger partial charge in [0.15, 0.2) is 0 Å². The highest BCUT2D eigenvalue weighted by atomic mass is 79.9. The Kier molecular flexibility index (Phi) is 1.54. The highest BCUT2D eigenvalue weighted by molar-refractivity contribution is 9.10. The van der Waals surface area contributed by atoms with E-state index in [0.717, 1.165) is 10.3 Å². The Balaban J connectivity index is 2.20. The fraction of sp³-hybridized carbons (Fsp3) is 0.400. The van der Waals surface area contributed by atoms with Gasteiger partial charge in [0, 0.05) is 24.0 Å². The van der Waals surface area contributed by atoms with Crippen molar-refractivity contribution in [2.75, 3.05) is 0 Å². The van der Waals surface area contributed by atoms with Gasteiger partial charge < -0.3 is 0 Å². The average Bonchev–Trinajstić information content (AvgIpc) is 2.77. The highest BCUT2D eigenvalue weighted by Gasteiger charge is 2.41. The fourth-order valence-electron chi connectivity index (χ4n) is 1.59. The van der Waals surface area contributed by atoms with Crippen molar-refractivity contribution >= 4 is 21.7 Å². The van der Waals surface area contributed by atoms with Crippen molar-refractivity contribution < 1.29 is 0 Å². The maximum Gasteiger partial charge on any atom is 0.234 e. The summed E-state index contributed by atoms with van der Waals surface area (Å²) in [4.78, 5) is 8.77. The van der Waals surface area contributed by atoms with Gasteiger partial charge >= 0.3 is 0 Å². The topological polar surface area (TPSA) is 30.2 Å². The molecule has 1 saturated carbocycles. The SMILES string of the molecule is CC1(c2cn3cc(Br)cnc3n2)CC1. The third-order valence-corrected chi connectivity index (χ3v) is 3.31. The van der Waals surface area contributed by atoms with Crippen molar-refractivity contribution in [2.24, 2.45) is 0 Å². The van der Waals surface area contributed by atoms with E-state index < -0.39 is 0 Å². The van der Waals surface area contributed by atoms with Crippen LogP contribution >= 0.6 is 15.9 Å². The van der Waals surface area contributed by atoms with Gasteiger partial charge in [-0.2, -0.15) is 0 Å². The molecule has 0 bridgehead atoms. The van der Waals surface area contributed by atoms with Crippen LogP contribution in [0.15, 0.2) is 23.1 Å². The summed E-state index contributed by atoms with van der Waals surface area (Å²) in [6, 6.07) is 0. The van der Waals surface area contributed by atoms with Crippen LogP contribution < -0.4 is 0 Å². The fourth-order valence-corrected chi connectivity index (χ4v) is 1.92. The molecule has 72 valence electrons. The van der Waals surface area contributed by atoms with Crippen LogP contribution in [0.25, 0.3) is 5.78 Å². The molecule has 0 atom stereocenters. The lowest BCUT2D eigenvalue weighted by Gasteiger charge is -1.99. The van der Waals surface area contributed by atoms with Crippen LogP contribution in [0.1, 0.15) is 25.5 Å². The largest absolute Gasteiger partial charge is 0.290 e. The van der Waals surface area contributed by atoms with Crippen molar-refractivity contribution in [3.8, 4) is 0 Å². The van der Waals surface area contributed by atoms with Gasteiger partial charge in [-0.15, -0.1) is 0 Å². The summed E-state index contributed by atoms with van der Waals surface area (Å²) in [6.07, 6.45) is 8.35. The Morgan fingerprint density at radius 3 is 2.93 bits per heavy atom. The molecular weight excluding hydrogens is 242 g/mol. The van der Waals surface area contributed by atoms with Gasteiger partial charge in [-0.05, 0) is 28.8 Å². The minimum absolute atomic E-state index is 0.320. The normalized spacial score (nSPS) is 18.7. The minimum Gasteiger partial charge on any atom is -0.290 e. The zero-order valence-corrected chi connectivity index (χ0v) is 9.45. The van der Waals surface area contributed by atoms with E-state index in [4.69, 9.17) is 0 Å². The third kappa shape index (κ3) is 1.17. The molecule has 0 unspecified atom stereocenters. The van der Waals surface area contributed by atoms with Crippen LogP contribution in [0.4, 0.5) is 0 Å². The van der Waals surface area contributed by atoms with Crippen LogP contribution in [0.2, 0.25) is 0 Å². The molecule has 2 heterocycles. The van der Waals surface area contributed by atoms with Gasteiger partial charge in [-0.1, -0.05) is 6.92 Å². The number of nitrogens with zero attached hydrogens (tertiary/aromatic N) is 3. The van der Waals surface area contributed by atoms with E-state index in [1.165, 1.54) is 18.5 Å². The maximum atomic E-state index is 4.52. The molecule has 0 saturated heterocycles. The zero-order chi connectivity index (χ0) is 9.76. The van der Waals surface area contributed by atoms with E-state index in [2.05, 4.69) is 39.0 Å². The van der Waals surface area contributed by atoms with E-state index in [0.29, 0.717) is 5.41 Å². The maximum absolute atomic E-state index is 4.52. The molecule has 2 aromatic rings. The van der Waals surface area contributed by atoms with Crippen molar-refractivity contribution in [3.05, 3.63) is 28.8 Å². The smallest absolute Gasteiger partial charge is 0.234 e. The lowest BCUT2D eigenvalue weighted by molar-refractivity contribution is 0.758.